The summed E-state index contributed by atoms with van der Waals surface area (Å²) in [6.07, 6.45) is 0. The van der Waals surface area contributed by atoms with E-state index in [1.807, 2.05) is 0 Å². The molecule has 0 aliphatic carbocycles. The van der Waals surface area contributed by atoms with Crippen molar-refractivity contribution in [1.82, 2.24) is 0 Å². The van der Waals surface area contributed by atoms with Crippen LogP contribution in [0.4, 0.5) is 5.69 Å². The largest absolute Gasteiger partial charge is 0.497 e. The zero-order valence-corrected chi connectivity index (χ0v) is 16.1. The third-order valence-electron chi connectivity index (χ3n) is 4.21. The van der Waals surface area contributed by atoms with E-state index in [2.05, 4.69) is 4.72 Å². The monoisotopic (exact) mass is 389 g/mol. The molecule has 142 valence electrons. The van der Waals surface area contributed by atoms with Crippen molar-refractivity contribution in [2.24, 2.45) is 0 Å². The number of rotatable bonds is 5. The maximum absolute atomic E-state index is 12.7. The number of carbonyl (C=O) groups is 1. The van der Waals surface area contributed by atoms with Gasteiger partial charge in [0.15, 0.2) is 0 Å². The summed E-state index contributed by atoms with van der Waals surface area (Å²) < 4.78 is 43.4. The van der Waals surface area contributed by atoms with Crippen LogP contribution in [0.2, 0.25) is 0 Å². The normalized spacial score (nSPS) is 11.4. The third-order valence-corrected chi connectivity index (χ3v) is 5.60. The second-order valence-electron chi connectivity index (χ2n) is 5.97. The molecule has 8 heteroatoms. The quantitative estimate of drug-likeness (QED) is 0.670. The summed E-state index contributed by atoms with van der Waals surface area (Å²) >= 11 is 0. The van der Waals surface area contributed by atoms with Crippen LogP contribution >= 0.6 is 0 Å². The van der Waals surface area contributed by atoms with E-state index in [0.717, 1.165) is 0 Å². The number of anilines is 1. The van der Waals surface area contributed by atoms with Crippen LogP contribution in [0, 0.1) is 13.8 Å². The summed E-state index contributed by atoms with van der Waals surface area (Å²) in [5.41, 5.74) is 1.77. The van der Waals surface area contributed by atoms with Gasteiger partial charge in [0.05, 0.1) is 24.8 Å². The number of furan rings is 1. The van der Waals surface area contributed by atoms with Crippen LogP contribution in [0.3, 0.4) is 0 Å². The Morgan fingerprint density at radius 2 is 1.74 bits per heavy atom. The van der Waals surface area contributed by atoms with Gasteiger partial charge in [-0.3, -0.25) is 4.72 Å². The first kappa shape index (κ1) is 18.8. The molecule has 0 aliphatic rings. The van der Waals surface area contributed by atoms with Crippen LogP contribution in [0.1, 0.15) is 21.7 Å². The van der Waals surface area contributed by atoms with Crippen LogP contribution in [-0.4, -0.2) is 28.6 Å². The Labute approximate surface area is 156 Å². The fraction of sp³-hybridized carbons (Fsp3) is 0.211. The van der Waals surface area contributed by atoms with E-state index in [1.165, 1.54) is 26.4 Å². The van der Waals surface area contributed by atoms with Gasteiger partial charge in [-0.15, -0.1) is 0 Å². The van der Waals surface area contributed by atoms with E-state index < -0.39 is 16.0 Å². The number of sulfonamides is 1. The van der Waals surface area contributed by atoms with E-state index in [9.17, 15) is 13.2 Å². The zero-order valence-electron chi connectivity index (χ0n) is 15.3. The van der Waals surface area contributed by atoms with Crippen LogP contribution in [0.5, 0.6) is 5.75 Å². The summed E-state index contributed by atoms with van der Waals surface area (Å²) in [5, 5.41) is 0.484. The van der Waals surface area contributed by atoms with Gasteiger partial charge in [0.25, 0.3) is 10.0 Å². The first-order chi connectivity index (χ1) is 12.8. The highest BCUT2D eigenvalue weighted by atomic mass is 32.2. The SMILES string of the molecule is COC(=O)c1c(C)oc2cc(C)c(NS(=O)(=O)c3ccc(OC)cc3)cc12. The van der Waals surface area contributed by atoms with Crippen LogP contribution in [-0.2, 0) is 14.8 Å². The first-order valence-electron chi connectivity index (χ1n) is 8.05. The summed E-state index contributed by atoms with van der Waals surface area (Å²) in [5.74, 6) is 0.425. The number of nitrogens with one attached hydrogen (secondary N) is 1. The lowest BCUT2D eigenvalue weighted by atomic mass is 10.1. The lowest BCUT2D eigenvalue weighted by molar-refractivity contribution is 0.0600. The van der Waals surface area contributed by atoms with Gasteiger partial charge in [0, 0.05) is 5.39 Å². The average molecular weight is 389 g/mol. The molecule has 0 saturated heterocycles. The molecule has 3 rings (SSSR count). The molecule has 0 amide bonds. The summed E-state index contributed by atoms with van der Waals surface area (Å²) in [6, 6.07) is 9.31. The fourth-order valence-electron chi connectivity index (χ4n) is 2.79. The van der Waals surface area contributed by atoms with Crippen molar-refractivity contribution in [2.45, 2.75) is 18.7 Å². The molecule has 0 unspecified atom stereocenters. The minimum atomic E-state index is -3.81. The van der Waals surface area contributed by atoms with E-state index >= 15 is 0 Å². The lowest BCUT2D eigenvalue weighted by Crippen LogP contribution is -2.13. The molecule has 0 radical (unpaired) electrons. The molecule has 0 fully saturated rings. The maximum Gasteiger partial charge on any atom is 0.342 e. The number of carbonyl (C=O) groups excluding carboxylic acids is 1. The van der Waals surface area contributed by atoms with Gasteiger partial charge in [-0.05, 0) is 55.8 Å². The molecule has 7 nitrogen and oxygen atoms in total. The van der Waals surface area contributed by atoms with Crippen LogP contribution in [0.25, 0.3) is 11.0 Å². The van der Waals surface area contributed by atoms with E-state index in [4.69, 9.17) is 13.9 Å². The molecule has 27 heavy (non-hydrogen) atoms. The van der Waals surface area contributed by atoms with Crippen LogP contribution < -0.4 is 9.46 Å². The van der Waals surface area contributed by atoms with Gasteiger partial charge >= 0.3 is 5.97 Å². The zero-order chi connectivity index (χ0) is 19.8. The molecule has 0 bridgehead atoms. The van der Waals surface area contributed by atoms with E-state index in [-0.39, 0.29) is 10.5 Å². The summed E-state index contributed by atoms with van der Waals surface area (Å²) in [6.45, 7) is 3.41. The molecule has 0 saturated carbocycles. The Bertz CT molecular complexity index is 1110. The Kier molecular flexibility index (Phi) is 4.84. The van der Waals surface area contributed by atoms with Gasteiger partial charge in [-0.2, -0.15) is 0 Å². The van der Waals surface area contributed by atoms with Crippen LogP contribution in [0.15, 0.2) is 45.7 Å². The van der Waals surface area contributed by atoms with E-state index in [1.54, 1.807) is 38.1 Å². The minimum absolute atomic E-state index is 0.0966. The smallest absolute Gasteiger partial charge is 0.342 e. The number of aryl methyl sites for hydroxylation is 2. The van der Waals surface area contributed by atoms with Gasteiger partial charge in [0.2, 0.25) is 0 Å². The minimum Gasteiger partial charge on any atom is -0.497 e. The number of benzene rings is 2. The van der Waals surface area contributed by atoms with Crippen molar-refractivity contribution in [1.29, 1.82) is 0 Å². The van der Waals surface area contributed by atoms with Crippen molar-refractivity contribution >= 4 is 32.6 Å². The molecule has 1 aromatic heterocycles. The maximum atomic E-state index is 12.7. The summed E-state index contributed by atoms with van der Waals surface area (Å²) in [7, 11) is -1.03. The Morgan fingerprint density at radius 1 is 1.07 bits per heavy atom. The second-order valence-corrected chi connectivity index (χ2v) is 7.65. The fourth-order valence-corrected chi connectivity index (χ4v) is 3.91. The first-order valence-corrected chi connectivity index (χ1v) is 9.54. The highest BCUT2D eigenvalue weighted by Crippen LogP contribution is 2.32. The number of ether oxygens (including phenoxy) is 2. The van der Waals surface area contributed by atoms with Crippen molar-refractivity contribution in [2.75, 3.05) is 18.9 Å². The van der Waals surface area contributed by atoms with Gasteiger partial charge in [0.1, 0.15) is 22.7 Å². The van der Waals surface area contributed by atoms with E-state index in [0.29, 0.717) is 33.7 Å². The molecule has 1 heterocycles. The van der Waals surface area contributed by atoms with Gasteiger partial charge in [-0.25, -0.2) is 13.2 Å². The molecule has 1 N–H and O–H groups in total. The second kappa shape index (κ2) is 6.96. The highest BCUT2D eigenvalue weighted by molar-refractivity contribution is 7.92. The molecule has 2 aromatic carbocycles. The van der Waals surface area contributed by atoms with Crippen molar-refractivity contribution in [3.05, 3.63) is 53.3 Å². The molecule has 0 aliphatic heterocycles. The molecule has 0 spiro atoms. The number of esters is 1. The van der Waals surface area contributed by atoms with Gasteiger partial charge in [-0.1, -0.05) is 0 Å². The number of hydrogen-bond acceptors (Lipinski definition) is 6. The molecular weight excluding hydrogens is 370 g/mol. The standard InChI is InChI=1S/C19H19NO6S/c1-11-9-17-15(18(12(2)26-17)19(21)25-4)10-16(11)20-27(22,23)14-7-5-13(24-3)6-8-14/h5-10,20H,1-4H3. The number of methoxy groups -OCH3 is 2. The Morgan fingerprint density at radius 3 is 2.33 bits per heavy atom. The van der Waals surface area contributed by atoms with Gasteiger partial charge < -0.3 is 13.9 Å². The Hall–Kier alpha value is -3.00. The number of hydrogen-bond donors (Lipinski definition) is 1. The number of fused-ring (bicyclic) bond motifs is 1. The average Bonchev–Trinajstić information content (AvgIpc) is 2.95. The topological polar surface area (TPSA) is 94.8 Å². The van der Waals surface area contributed by atoms with Crippen molar-refractivity contribution in [3.63, 3.8) is 0 Å². The Balaban J connectivity index is 2.05. The summed E-state index contributed by atoms with van der Waals surface area (Å²) in [4.78, 5) is 12.1. The third kappa shape index (κ3) is 3.48. The predicted octanol–water partition coefficient (Wildman–Crippen LogP) is 3.65. The van der Waals surface area contributed by atoms with Crippen molar-refractivity contribution < 1.29 is 27.1 Å². The predicted molar refractivity (Wildman–Crippen MR) is 101 cm³/mol. The molecular formula is C19H19NO6S. The van der Waals surface area contributed by atoms with Crippen molar-refractivity contribution in [3.8, 4) is 5.75 Å². The highest BCUT2D eigenvalue weighted by Gasteiger charge is 2.22. The molecule has 0 atom stereocenters. The lowest BCUT2D eigenvalue weighted by Gasteiger charge is -2.11. The molecule has 3 aromatic rings.